The number of unbranched alkanes of at least 4 members (excludes halogenated alkanes) is 1. The van der Waals surface area contributed by atoms with Crippen molar-refractivity contribution >= 4 is 11.9 Å². The summed E-state index contributed by atoms with van der Waals surface area (Å²) in [6.45, 7) is 2.28. The number of benzene rings is 2. The molecule has 188 valence electrons. The van der Waals surface area contributed by atoms with Crippen LogP contribution in [0.4, 0.5) is 0 Å². The van der Waals surface area contributed by atoms with Gasteiger partial charge < -0.3 is 14.6 Å². The molecular formula is C31H34O5. The average molecular weight is 487 g/mol. The van der Waals surface area contributed by atoms with Crippen molar-refractivity contribution in [3.63, 3.8) is 0 Å². The minimum absolute atomic E-state index is 0.0754. The van der Waals surface area contributed by atoms with Crippen LogP contribution in [0, 0.1) is 29.6 Å². The number of carbonyl (C=O) groups is 2. The van der Waals surface area contributed by atoms with Gasteiger partial charge >= 0.3 is 11.9 Å². The van der Waals surface area contributed by atoms with Gasteiger partial charge in [-0.1, -0.05) is 30.0 Å². The van der Waals surface area contributed by atoms with E-state index in [4.69, 9.17) is 9.47 Å². The van der Waals surface area contributed by atoms with Crippen molar-refractivity contribution in [3.05, 3.63) is 64.7 Å². The maximum absolute atomic E-state index is 12.4. The zero-order valence-corrected chi connectivity index (χ0v) is 20.9. The summed E-state index contributed by atoms with van der Waals surface area (Å²) < 4.78 is 11.4. The first-order chi connectivity index (χ1) is 17.4. The van der Waals surface area contributed by atoms with Crippen molar-refractivity contribution in [1.82, 2.24) is 0 Å². The lowest BCUT2D eigenvalue weighted by atomic mass is 9.47. The van der Waals surface area contributed by atoms with E-state index in [1.165, 1.54) is 26.2 Å². The monoisotopic (exact) mass is 486 g/mol. The number of aromatic carboxylic acids is 1. The van der Waals surface area contributed by atoms with E-state index in [1.807, 2.05) is 36.4 Å². The van der Waals surface area contributed by atoms with E-state index in [9.17, 15) is 14.7 Å². The van der Waals surface area contributed by atoms with Gasteiger partial charge in [0.15, 0.2) is 0 Å². The predicted octanol–water partition coefficient (Wildman–Crippen LogP) is 5.97. The van der Waals surface area contributed by atoms with Gasteiger partial charge in [0.1, 0.15) is 5.75 Å². The van der Waals surface area contributed by atoms with Gasteiger partial charge in [-0.05, 0) is 93.4 Å². The molecule has 5 nitrogen and oxygen atoms in total. The molecule has 0 radical (unpaired) electrons. The van der Waals surface area contributed by atoms with Crippen LogP contribution in [-0.4, -0.2) is 30.3 Å². The molecule has 4 saturated carbocycles. The van der Waals surface area contributed by atoms with Crippen molar-refractivity contribution in [2.75, 3.05) is 13.2 Å². The average Bonchev–Trinajstić information content (AvgIpc) is 2.84. The van der Waals surface area contributed by atoms with E-state index in [0.717, 1.165) is 49.0 Å². The number of carboxylic acids is 1. The molecular weight excluding hydrogens is 452 g/mol. The molecule has 2 aromatic carbocycles. The summed E-state index contributed by atoms with van der Waals surface area (Å²) in [5.74, 6) is 8.19. The molecule has 0 saturated heterocycles. The molecule has 2 aromatic rings. The highest BCUT2D eigenvalue weighted by Crippen LogP contribution is 2.62. The van der Waals surface area contributed by atoms with Crippen LogP contribution in [0.1, 0.15) is 85.3 Å². The molecule has 4 aliphatic carbocycles. The molecule has 36 heavy (non-hydrogen) atoms. The van der Waals surface area contributed by atoms with Crippen molar-refractivity contribution in [2.24, 2.45) is 17.8 Å². The first-order valence-electron chi connectivity index (χ1n) is 13.2. The number of rotatable bonds is 8. The summed E-state index contributed by atoms with van der Waals surface area (Å²) in [4.78, 5) is 23.4. The maximum Gasteiger partial charge on any atom is 0.336 e. The summed E-state index contributed by atoms with van der Waals surface area (Å²) >= 11 is 0. The molecule has 5 heteroatoms. The Morgan fingerprint density at radius 1 is 0.917 bits per heavy atom. The van der Waals surface area contributed by atoms with Crippen LogP contribution in [0.5, 0.6) is 5.75 Å². The Morgan fingerprint density at radius 3 is 2.17 bits per heavy atom. The fourth-order valence-corrected chi connectivity index (χ4v) is 7.21. The minimum atomic E-state index is -0.953. The quantitative estimate of drug-likeness (QED) is 0.283. The Kier molecular flexibility index (Phi) is 7.05. The third-order valence-corrected chi connectivity index (χ3v) is 8.17. The van der Waals surface area contributed by atoms with Gasteiger partial charge in [-0.15, -0.1) is 0 Å². The van der Waals surface area contributed by atoms with E-state index < -0.39 is 5.97 Å². The Hall–Kier alpha value is -3.26. The summed E-state index contributed by atoms with van der Waals surface area (Å²) in [7, 11) is 0. The first kappa shape index (κ1) is 24.4. The van der Waals surface area contributed by atoms with Gasteiger partial charge in [-0.2, -0.15) is 0 Å². The van der Waals surface area contributed by atoms with E-state index in [2.05, 4.69) is 11.8 Å². The normalized spacial score (nSPS) is 25.6. The lowest BCUT2D eigenvalue weighted by Gasteiger charge is -2.57. The molecule has 0 amide bonds. The fraction of sp³-hybridized carbons (Fsp3) is 0.484. The highest BCUT2D eigenvalue weighted by molar-refractivity contribution is 5.92. The van der Waals surface area contributed by atoms with Gasteiger partial charge in [0.25, 0.3) is 0 Å². The van der Waals surface area contributed by atoms with Crippen LogP contribution in [0.3, 0.4) is 0 Å². The first-order valence-corrected chi connectivity index (χ1v) is 13.2. The van der Waals surface area contributed by atoms with Crippen LogP contribution in [0.15, 0.2) is 42.5 Å². The number of hydrogen-bond acceptors (Lipinski definition) is 4. The molecule has 1 N–H and O–H groups in total. The molecule has 0 unspecified atom stereocenters. The van der Waals surface area contributed by atoms with Crippen LogP contribution in [0.2, 0.25) is 0 Å². The van der Waals surface area contributed by atoms with Gasteiger partial charge in [-0.3, -0.25) is 4.79 Å². The van der Waals surface area contributed by atoms with Crippen molar-refractivity contribution in [1.29, 1.82) is 0 Å². The molecule has 0 spiro atoms. The molecule has 0 aromatic heterocycles. The van der Waals surface area contributed by atoms with Crippen molar-refractivity contribution in [3.8, 4) is 17.6 Å². The number of ether oxygens (including phenoxy) is 2. The molecule has 4 bridgehead atoms. The molecule has 0 heterocycles. The minimum Gasteiger partial charge on any atom is -0.493 e. The third-order valence-electron chi connectivity index (χ3n) is 8.17. The van der Waals surface area contributed by atoms with Crippen LogP contribution in [0.25, 0.3) is 0 Å². The van der Waals surface area contributed by atoms with E-state index >= 15 is 0 Å². The third kappa shape index (κ3) is 5.14. The van der Waals surface area contributed by atoms with E-state index in [-0.39, 0.29) is 16.9 Å². The highest BCUT2D eigenvalue weighted by Gasteiger charge is 2.53. The van der Waals surface area contributed by atoms with Crippen LogP contribution >= 0.6 is 0 Å². The second kappa shape index (κ2) is 10.4. The zero-order chi connectivity index (χ0) is 25.1. The molecule has 0 aliphatic heterocycles. The zero-order valence-electron chi connectivity index (χ0n) is 20.9. The Morgan fingerprint density at radius 2 is 1.56 bits per heavy atom. The van der Waals surface area contributed by atoms with E-state index in [1.54, 1.807) is 6.07 Å². The molecule has 6 rings (SSSR count). The Balaban J connectivity index is 1.53. The van der Waals surface area contributed by atoms with E-state index in [0.29, 0.717) is 36.5 Å². The van der Waals surface area contributed by atoms with Crippen molar-refractivity contribution < 1.29 is 24.2 Å². The maximum atomic E-state index is 12.4. The molecule has 0 atom stereocenters. The summed E-state index contributed by atoms with van der Waals surface area (Å²) in [6, 6.07) is 13.2. The Bertz CT molecular complexity index is 1150. The van der Waals surface area contributed by atoms with Crippen LogP contribution in [-0.2, 0) is 14.9 Å². The second-order valence-electron chi connectivity index (χ2n) is 10.9. The lowest BCUT2D eigenvalue weighted by molar-refractivity contribution is -0.141. The van der Waals surface area contributed by atoms with Crippen LogP contribution < -0.4 is 4.74 Å². The van der Waals surface area contributed by atoms with Gasteiger partial charge in [-0.25, -0.2) is 4.79 Å². The SMILES string of the molecule is CC(=O)OCCCCOc1ccc(C(=O)O)c(C#Cc2ccccc2)c1C12CC3CC(CC(C3)C1)C2. The predicted molar refractivity (Wildman–Crippen MR) is 137 cm³/mol. The van der Waals surface area contributed by atoms with Crippen molar-refractivity contribution in [2.45, 2.75) is 63.7 Å². The summed E-state index contributed by atoms with van der Waals surface area (Å²) in [6.07, 6.45) is 8.64. The smallest absolute Gasteiger partial charge is 0.336 e. The number of esters is 1. The topological polar surface area (TPSA) is 72.8 Å². The number of carbonyl (C=O) groups excluding carboxylic acids is 1. The standard InChI is InChI=1S/C31H34O5/c1-21(32)35-13-5-6-14-36-28-12-11-27(30(33)34)26(10-9-22-7-3-2-4-8-22)29(28)31-18-23-15-24(19-31)17-25(16-23)20-31/h2-4,7-8,11-12,23-25H,5-6,13-20H2,1H3,(H,33,34). The lowest BCUT2D eigenvalue weighted by Crippen LogP contribution is -2.49. The molecule has 4 aliphatic rings. The number of hydrogen-bond donors (Lipinski definition) is 1. The second-order valence-corrected chi connectivity index (χ2v) is 10.9. The van der Waals surface area contributed by atoms with Gasteiger partial charge in [0.05, 0.1) is 18.8 Å². The summed E-state index contributed by atoms with van der Waals surface area (Å²) in [5.41, 5.74) is 2.68. The van der Waals surface area contributed by atoms with Gasteiger partial charge in [0.2, 0.25) is 0 Å². The summed E-state index contributed by atoms with van der Waals surface area (Å²) in [5, 5.41) is 10.1. The highest BCUT2D eigenvalue weighted by atomic mass is 16.5. The molecule has 4 fully saturated rings. The Labute approximate surface area is 213 Å². The van der Waals surface area contributed by atoms with Gasteiger partial charge in [0, 0.05) is 29.0 Å². The fourth-order valence-electron chi connectivity index (χ4n) is 7.21. The number of carboxylic acid groups (broad SMARTS) is 1. The largest absolute Gasteiger partial charge is 0.493 e.